The first kappa shape index (κ1) is 24.5. The second-order valence-electron chi connectivity index (χ2n) is 9.07. The van der Waals surface area contributed by atoms with E-state index in [2.05, 4.69) is 17.2 Å². The lowest BCUT2D eigenvalue weighted by Gasteiger charge is -2.36. The van der Waals surface area contributed by atoms with E-state index in [1.807, 2.05) is 47.4 Å². The predicted molar refractivity (Wildman–Crippen MR) is 136 cm³/mol. The van der Waals surface area contributed by atoms with Crippen LogP contribution in [0, 0.1) is 0 Å². The highest BCUT2D eigenvalue weighted by Crippen LogP contribution is 2.30. The van der Waals surface area contributed by atoms with E-state index in [-0.39, 0.29) is 42.7 Å². The topological polar surface area (TPSA) is 84.7 Å². The zero-order valence-electron chi connectivity index (χ0n) is 19.9. The Morgan fingerprint density at radius 2 is 1.58 bits per heavy atom. The number of alkyl halides is 1. The predicted octanol–water partition coefficient (Wildman–Crippen LogP) is 2.59. The van der Waals surface area contributed by atoms with Gasteiger partial charge in [0.15, 0.2) is 0 Å². The van der Waals surface area contributed by atoms with Gasteiger partial charge < -0.3 is 9.64 Å². The number of aromatic nitrogens is 2. The summed E-state index contributed by atoms with van der Waals surface area (Å²) in [6.45, 7) is 0.614. The molecule has 0 N–H and O–H groups in total. The molecule has 8 nitrogen and oxygen atoms in total. The van der Waals surface area contributed by atoms with Gasteiger partial charge in [0.25, 0.3) is 0 Å². The normalized spacial score (nSPS) is 16.8. The molecule has 3 aromatic rings. The van der Waals surface area contributed by atoms with Gasteiger partial charge in [-0.05, 0) is 29.7 Å². The lowest BCUT2D eigenvalue weighted by molar-refractivity contribution is 0.209. The van der Waals surface area contributed by atoms with Crippen LogP contribution in [0.15, 0.2) is 65.6 Å². The quantitative estimate of drug-likeness (QED) is 0.461. The van der Waals surface area contributed by atoms with Crippen molar-refractivity contribution < 1.29 is 17.5 Å². The molecule has 1 aromatic heterocycles. The van der Waals surface area contributed by atoms with Gasteiger partial charge in [0.2, 0.25) is 15.8 Å². The summed E-state index contributed by atoms with van der Waals surface area (Å²) in [5, 5.41) is 4.42. The Morgan fingerprint density at radius 1 is 0.944 bits per heavy atom. The minimum Gasteiger partial charge on any atom is -0.482 e. The molecule has 0 saturated carbocycles. The van der Waals surface area contributed by atoms with Crippen LogP contribution in [-0.4, -0.2) is 67.2 Å². The molecule has 1 aliphatic heterocycles. The molecule has 0 atom stereocenters. The standard InChI is InChI=1S/C26H29FN4O4S/c27-11-6-16-36(33,34)30-14-12-29(13-15-30)24-19-28-31(22-9-2-1-3-10-22)26(32)25(24)35-23-17-20-7-4-5-8-21(20)18-23/h1-5,7-10,19,23H,6,11-18H2. The average molecular weight is 513 g/mol. The summed E-state index contributed by atoms with van der Waals surface area (Å²) in [6, 6.07) is 17.3. The molecular formula is C26H29FN4O4S. The summed E-state index contributed by atoms with van der Waals surface area (Å²) >= 11 is 0. The number of para-hydroxylation sites is 1. The van der Waals surface area contributed by atoms with E-state index >= 15 is 0 Å². The highest BCUT2D eigenvalue weighted by Gasteiger charge is 2.31. The molecule has 2 heterocycles. The Bertz CT molecular complexity index is 1350. The SMILES string of the molecule is O=c1c(OC2Cc3ccccc3C2)c(N2CCN(S(=O)(=O)CCCF)CC2)cnn1-c1ccccc1. The highest BCUT2D eigenvalue weighted by atomic mass is 32.2. The van der Waals surface area contributed by atoms with E-state index in [1.165, 1.54) is 20.1 Å². The fourth-order valence-electron chi connectivity index (χ4n) is 4.86. The van der Waals surface area contributed by atoms with Crippen molar-refractivity contribution in [2.75, 3.05) is 43.5 Å². The van der Waals surface area contributed by atoms with Crippen molar-refractivity contribution >= 4 is 15.7 Å². The van der Waals surface area contributed by atoms with E-state index in [0.29, 0.717) is 37.3 Å². The fraction of sp³-hybridized carbons (Fsp3) is 0.385. The second kappa shape index (κ2) is 10.4. The lowest BCUT2D eigenvalue weighted by Crippen LogP contribution is -2.49. The Kier molecular flexibility index (Phi) is 7.06. The summed E-state index contributed by atoms with van der Waals surface area (Å²) in [5.74, 6) is 0.0230. The maximum atomic E-state index is 13.6. The maximum Gasteiger partial charge on any atom is 0.316 e. The first-order chi connectivity index (χ1) is 17.5. The van der Waals surface area contributed by atoms with Gasteiger partial charge in [-0.25, -0.2) is 8.42 Å². The number of fused-ring (bicyclic) bond motifs is 1. The van der Waals surface area contributed by atoms with Crippen molar-refractivity contribution in [2.45, 2.75) is 25.4 Å². The largest absolute Gasteiger partial charge is 0.482 e. The molecule has 0 bridgehead atoms. The third-order valence-electron chi connectivity index (χ3n) is 6.72. The summed E-state index contributed by atoms with van der Waals surface area (Å²) in [4.78, 5) is 15.6. The molecule has 36 heavy (non-hydrogen) atoms. The van der Waals surface area contributed by atoms with Crippen molar-refractivity contribution in [3.8, 4) is 11.4 Å². The molecule has 10 heteroatoms. The molecule has 1 aliphatic carbocycles. The lowest BCUT2D eigenvalue weighted by atomic mass is 10.1. The van der Waals surface area contributed by atoms with E-state index in [0.717, 1.165) is 0 Å². The van der Waals surface area contributed by atoms with Gasteiger partial charge in [-0.3, -0.25) is 9.18 Å². The third kappa shape index (κ3) is 5.01. The Morgan fingerprint density at radius 3 is 2.22 bits per heavy atom. The molecule has 2 aromatic carbocycles. The number of ether oxygens (including phenoxy) is 1. The summed E-state index contributed by atoms with van der Waals surface area (Å²) < 4.78 is 46.6. The fourth-order valence-corrected chi connectivity index (χ4v) is 6.31. The van der Waals surface area contributed by atoms with Crippen LogP contribution < -0.4 is 15.2 Å². The zero-order chi connectivity index (χ0) is 25.1. The number of sulfonamides is 1. The maximum absolute atomic E-state index is 13.6. The van der Waals surface area contributed by atoms with E-state index in [1.54, 1.807) is 6.20 Å². The molecular weight excluding hydrogens is 483 g/mol. The number of piperazine rings is 1. The number of benzene rings is 2. The van der Waals surface area contributed by atoms with Gasteiger partial charge in [-0.1, -0.05) is 42.5 Å². The Labute approximate surface area is 210 Å². The minimum atomic E-state index is -3.51. The molecule has 1 fully saturated rings. The van der Waals surface area contributed by atoms with Crippen LogP contribution in [0.2, 0.25) is 0 Å². The van der Waals surface area contributed by atoms with E-state index in [4.69, 9.17) is 4.74 Å². The number of rotatable bonds is 8. The number of halogens is 1. The number of anilines is 1. The number of hydrogen-bond donors (Lipinski definition) is 0. The van der Waals surface area contributed by atoms with Crippen LogP contribution in [0.4, 0.5) is 10.1 Å². The zero-order valence-corrected chi connectivity index (χ0v) is 20.7. The molecule has 1 saturated heterocycles. The number of nitrogens with zero attached hydrogens (tertiary/aromatic N) is 4. The van der Waals surface area contributed by atoms with E-state index < -0.39 is 16.7 Å². The van der Waals surface area contributed by atoms with E-state index in [9.17, 15) is 17.6 Å². The van der Waals surface area contributed by atoms with Crippen LogP contribution >= 0.6 is 0 Å². The summed E-state index contributed by atoms with van der Waals surface area (Å²) in [5.41, 5.74) is 3.27. The van der Waals surface area contributed by atoms with Crippen LogP contribution in [0.1, 0.15) is 17.5 Å². The average Bonchev–Trinajstić information content (AvgIpc) is 3.32. The van der Waals surface area contributed by atoms with Crippen molar-refractivity contribution in [1.82, 2.24) is 14.1 Å². The van der Waals surface area contributed by atoms with Crippen LogP contribution in [0.3, 0.4) is 0 Å². The first-order valence-electron chi connectivity index (χ1n) is 12.2. The molecule has 2 aliphatic rings. The van der Waals surface area contributed by atoms with Gasteiger partial charge >= 0.3 is 5.56 Å². The van der Waals surface area contributed by atoms with Crippen molar-refractivity contribution in [2.24, 2.45) is 0 Å². The van der Waals surface area contributed by atoms with Crippen molar-refractivity contribution in [3.63, 3.8) is 0 Å². The summed E-state index contributed by atoms with van der Waals surface area (Å²) in [7, 11) is -3.51. The molecule has 0 spiro atoms. The minimum absolute atomic E-state index is 0.00799. The van der Waals surface area contributed by atoms with Crippen molar-refractivity contribution in [3.05, 3.63) is 82.3 Å². The highest BCUT2D eigenvalue weighted by molar-refractivity contribution is 7.89. The molecule has 5 rings (SSSR count). The van der Waals surface area contributed by atoms with Crippen molar-refractivity contribution in [1.29, 1.82) is 0 Å². The van der Waals surface area contributed by atoms with Gasteiger partial charge in [0.1, 0.15) is 11.8 Å². The Hall–Kier alpha value is -3.24. The van der Waals surface area contributed by atoms with Crippen LogP contribution in [0.5, 0.6) is 5.75 Å². The van der Waals surface area contributed by atoms with Gasteiger partial charge in [0.05, 0.1) is 24.3 Å². The van der Waals surface area contributed by atoms with Crippen LogP contribution in [0.25, 0.3) is 5.69 Å². The molecule has 0 amide bonds. The smallest absolute Gasteiger partial charge is 0.316 e. The van der Waals surface area contributed by atoms with Gasteiger partial charge in [-0.15, -0.1) is 0 Å². The molecule has 0 radical (unpaired) electrons. The number of hydrogen-bond acceptors (Lipinski definition) is 6. The monoisotopic (exact) mass is 512 g/mol. The van der Waals surface area contributed by atoms with Gasteiger partial charge in [-0.2, -0.15) is 14.1 Å². The Balaban J connectivity index is 1.42. The van der Waals surface area contributed by atoms with Gasteiger partial charge in [0, 0.05) is 39.0 Å². The first-order valence-corrected chi connectivity index (χ1v) is 13.8. The third-order valence-corrected chi connectivity index (χ3v) is 8.68. The summed E-state index contributed by atoms with van der Waals surface area (Å²) in [6.07, 6.45) is 2.86. The second-order valence-corrected chi connectivity index (χ2v) is 11.2. The molecule has 0 unspecified atom stereocenters. The molecule has 190 valence electrons. The van der Waals surface area contributed by atoms with Crippen LogP contribution in [-0.2, 0) is 22.9 Å².